The molecule has 2 N–H and O–H groups in total. The van der Waals surface area contributed by atoms with Crippen LogP contribution in [0.15, 0.2) is 30.6 Å². The van der Waals surface area contributed by atoms with Gasteiger partial charge in [0.25, 0.3) is 0 Å². The topological polar surface area (TPSA) is 67.7 Å². The van der Waals surface area contributed by atoms with Crippen LogP contribution in [0.4, 0.5) is 5.69 Å². The monoisotopic (exact) mass is 286 g/mol. The van der Waals surface area contributed by atoms with Crippen molar-refractivity contribution in [3.8, 4) is 5.69 Å². The molecule has 2 atom stereocenters. The first kappa shape index (κ1) is 14.0. The molecule has 1 aromatic carbocycles. The van der Waals surface area contributed by atoms with Crippen LogP contribution in [0, 0.1) is 0 Å². The van der Waals surface area contributed by atoms with Crippen molar-refractivity contribution in [3.05, 3.63) is 30.6 Å². The van der Waals surface area contributed by atoms with Crippen molar-refractivity contribution < 1.29 is 0 Å². The van der Waals surface area contributed by atoms with Gasteiger partial charge >= 0.3 is 0 Å². The van der Waals surface area contributed by atoms with Crippen LogP contribution in [0.5, 0.6) is 0 Å². The summed E-state index contributed by atoms with van der Waals surface area (Å²) < 4.78 is 1.65. The highest BCUT2D eigenvalue weighted by molar-refractivity contribution is 5.48. The summed E-state index contributed by atoms with van der Waals surface area (Å²) in [5.41, 5.74) is 2.10. The van der Waals surface area contributed by atoms with E-state index in [4.69, 9.17) is 0 Å². The van der Waals surface area contributed by atoms with Crippen molar-refractivity contribution in [2.45, 2.75) is 44.7 Å². The van der Waals surface area contributed by atoms with Gasteiger partial charge in [-0.2, -0.15) is 0 Å². The lowest BCUT2D eigenvalue weighted by atomic mass is 9.98. The molecule has 1 aromatic heterocycles. The van der Waals surface area contributed by atoms with E-state index in [1.54, 1.807) is 11.0 Å². The first-order valence-electron chi connectivity index (χ1n) is 7.64. The zero-order chi connectivity index (χ0) is 14.5. The highest BCUT2D eigenvalue weighted by Crippen LogP contribution is 2.17. The van der Waals surface area contributed by atoms with Crippen molar-refractivity contribution in [3.63, 3.8) is 0 Å². The second-order valence-corrected chi connectivity index (χ2v) is 5.73. The van der Waals surface area contributed by atoms with Gasteiger partial charge in [0.05, 0.1) is 5.69 Å². The average Bonchev–Trinajstić information content (AvgIpc) is 3.03. The maximum Gasteiger partial charge on any atom is 0.143 e. The quantitative estimate of drug-likeness (QED) is 0.880. The number of nitrogens with one attached hydrogen (secondary N) is 2. The molecule has 2 heterocycles. The van der Waals surface area contributed by atoms with Crippen LogP contribution in [0.2, 0.25) is 0 Å². The molecule has 3 rings (SSSR count). The molecule has 2 unspecified atom stereocenters. The van der Waals surface area contributed by atoms with Crippen molar-refractivity contribution in [2.75, 3.05) is 11.9 Å². The predicted octanol–water partition coefficient (Wildman–Crippen LogP) is 1.99. The van der Waals surface area contributed by atoms with Gasteiger partial charge in [-0.3, -0.25) is 0 Å². The number of benzene rings is 1. The molecule has 0 aliphatic carbocycles. The minimum Gasteiger partial charge on any atom is -0.383 e. The SMILES string of the molecule is CC(CC1CCCCN1)Nc1ccc(-n2cnnn2)cc1. The van der Waals surface area contributed by atoms with Crippen LogP contribution in [-0.4, -0.2) is 38.8 Å². The van der Waals surface area contributed by atoms with E-state index < -0.39 is 0 Å². The van der Waals surface area contributed by atoms with Gasteiger partial charge in [0.15, 0.2) is 0 Å². The molecule has 1 fully saturated rings. The van der Waals surface area contributed by atoms with E-state index in [9.17, 15) is 0 Å². The molecule has 21 heavy (non-hydrogen) atoms. The summed E-state index contributed by atoms with van der Waals surface area (Å²) in [5, 5.41) is 18.3. The molecule has 1 aliphatic heterocycles. The van der Waals surface area contributed by atoms with Crippen LogP contribution in [0.25, 0.3) is 5.69 Å². The summed E-state index contributed by atoms with van der Waals surface area (Å²) in [6.07, 6.45) is 6.72. The molecule has 0 amide bonds. The van der Waals surface area contributed by atoms with Crippen molar-refractivity contribution in [1.82, 2.24) is 25.5 Å². The number of anilines is 1. The summed E-state index contributed by atoms with van der Waals surface area (Å²) in [7, 11) is 0. The fourth-order valence-corrected chi connectivity index (χ4v) is 2.89. The Balaban J connectivity index is 1.54. The minimum atomic E-state index is 0.458. The van der Waals surface area contributed by atoms with Crippen LogP contribution in [0.1, 0.15) is 32.6 Å². The van der Waals surface area contributed by atoms with Crippen molar-refractivity contribution in [2.24, 2.45) is 0 Å². The van der Waals surface area contributed by atoms with E-state index in [0.29, 0.717) is 12.1 Å². The summed E-state index contributed by atoms with van der Waals surface area (Å²) >= 11 is 0. The summed E-state index contributed by atoms with van der Waals surface area (Å²) in [6, 6.07) is 9.29. The number of rotatable bonds is 5. The van der Waals surface area contributed by atoms with E-state index in [2.05, 4.69) is 45.2 Å². The Kier molecular flexibility index (Phi) is 4.45. The second-order valence-electron chi connectivity index (χ2n) is 5.73. The third-order valence-corrected chi connectivity index (χ3v) is 3.94. The molecule has 2 aromatic rings. The number of hydrogen-bond donors (Lipinski definition) is 2. The van der Waals surface area contributed by atoms with E-state index in [1.807, 2.05) is 12.1 Å². The normalized spacial score (nSPS) is 20.1. The van der Waals surface area contributed by atoms with Gasteiger partial charge in [-0.25, -0.2) is 4.68 Å². The Morgan fingerprint density at radius 3 is 2.86 bits per heavy atom. The molecular formula is C15H22N6. The van der Waals surface area contributed by atoms with Crippen LogP contribution in [-0.2, 0) is 0 Å². The van der Waals surface area contributed by atoms with Crippen molar-refractivity contribution in [1.29, 1.82) is 0 Å². The third kappa shape index (κ3) is 3.78. The van der Waals surface area contributed by atoms with Crippen molar-refractivity contribution >= 4 is 5.69 Å². The van der Waals surface area contributed by atoms with E-state index in [-0.39, 0.29) is 0 Å². The van der Waals surface area contributed by atoms with E-state index >= 15 is 0 Å². The summed E-state index contributed by atoms with van der Waals surface area (Å²) in [6.45, 7) is 3.41. The minimum absolute atomic E-state index is 0.458. The maximum absolute atomic E-state index is 3.88. The summed E-state index contributed by atoms with van der Waals surface area (Å²) in [5.74, 6) is 0. The summed E-state index contributed by atoms with van der Waals surface area (Å²) in [4.78, 5) is 0. The predicted molar refractivity (Wildman–Crippen MR) is 82.5 cm³/mol. The molecule has 0 radical (unpaired) electrons. The maximum atomic E-state index is 3.88. The number of hydrogen-bond acceptors (Lipinski definition) is 5. The lowest BCUT2D eigenvalue weighted by molar-refractivity contribution is 0.371. The highest BCUT2D eigenvalue weighted by Gasteiger charge is 2.15. The van der Waals surface area contributed by atoms with Gasteiger partial charge in [0.2, 0.25) is 0 Å². The highest BCUT2D eigenvalue weighted by atomic mass is 15.5. The number of aromatic nitrogens is 4. The van der Waals surface area contributed by atoms with E-state index in [0.717, 1.165) is 24.3 Å². The largest absolute Gasteiger partial charge is 0.383 e. The number of nitrogens with zero attached hydrogens (tertiary/aromatic N) is 4. The van der Waals surface area contributed by atoms with Gasteiger partial charge in [-0.15, -0.1) is 5.10 Å². The lowest BCUT2D eigenvalue weighted by Gasteiger charge is -2.27. The molecule has 0 bridgehead atoms. The molecule has 6 heteroatoms. The van der Waals surface area contributed by atoms with Gasteiger partial charge in [-0.1, -0.05) is 6.42 Å². The second kappa shape index (κ2) is 6.67. The smallest absolute Gasteiger partial charge is 0.143 e. The fourth-order valence-electron chi connectivity index (χ4n) is 2.89. The molecule has 6 nitrogen and oxygen atoms in total. The molecule has 1 saturated heterocycles. The van der Waals surface area contributed by atoms with Gasteiger partial charge < -0.3 is 10.6 Å². The van der Waals surface area contributed by atoms with Crippen LogP contribution < -0.4 is 10.6 Å². The Labute approximate surface area is 124 Å². The standard InChI is InChI=1S/C15H22N6/c1-12(10-14-4-2-3-9-16-14)18-13-5-7-15(8-6-13)21-11-17-19-20-21/h5-8,11-12,14,16,18H,2-4,9-10H2,1H3. The Bertz CT molecular complexity index is 530. The molecule has 0 spiro atoms. The molecule has 1 aliphatic rings. The van der Waals surface area contributed by atoms with Crippen LogP contribution >= 0.6 is 0 Å². The Hall–Kier alpha value is -1.95. The molecular weight excluding hydrogens is 264 g/mol. The van der Waals surface area contributed by atoms with Gasteiger partial charge in [0.1, 0.15) is 6.33 Å². The first-order valence-corrected chi connectivity index (χ1v) is 7.64. The number of tetrazole rings is 1. The zero-order valence-corrected chi connectivity index (χ0v) is 12.4. The number of piperidine rings is 1. The Morgan fingerprint density at radius 2 is 2.19 bits per heavy atom. The average molecular weight is 286 g/mol. The van der Waals surface area contributed by atoms with Gasteiger partial charge in [-0.05, 0) is 67.4 Å². The third-order valence-electron chi connectivity index (χ3n) is 3.94. The van der Waals surface area contributed by atoms with Crippen LogP contribution in [0.3, 0.4) is 0 Å². The molecule has 0 saturated carbocycles. The van der Waals surface area contributed by atoms with E-state index in [1.165, 1.54) is 19.3 Å². The first-order chi connectivity index (χ1) is 10.3. The fraction of sp³-hybridized carbons (Fsp3) is 0.533. The lowest BCUT2D eigenvalue weighted by Crippen LogP contribution is -2.37. The molecule has 112 valence electrons. The van der Waals surface area contributed by atoms with Gasteiger partial charge in [0, 0.05) is 17.8 Å². The Morgan fingerprint density at radius 1 is 1.33 bits per heavy atom. The zero-order valence-electron chi connectivity index (χ0n) is 12.4.